The van der Waals surface area contributed by atoms with Gasteiger partial charge in [-0.2, -0.15) is 0 Å². The van der Waals surface area contributed by atoms with Gasteiger partial charge in [-0.3, -0.25) is 4.79 Å². The van der Waals surface area contributed by atoms with Crippen LogP contribution in [0.25, 0.3) is 0 Å². The second-order valence-electron chi connectivity index (χ2n) is 3.37. The zero-order chi connectivity index (χ0) is 7.02. The van der Waals surface area contributed by atoms with E-state index in [1.165, 1.54) is 0 Å². The van der Waals surface area contributed by atoms with Crippen molar-refractivity contribution in [1.82, 2.24) is 0 Å². The highest BCUT2D eigenvalue weighted by molar-refractivity contribution is 5.87. The van der Waals surface area contributed by atoms with Crippen molar-refractivity contribution in [2.24, 2.45) is 17.8 Å². The maximum Gasteiger partial charge on any atom is 0.136 e. The molecule has 0 aromatic heterocycles. The Morgan fingerprint density at radius 2 is 2.11 bits per heavy atom. The van der Waals surface area contributed by atoms with E-state index in [1.54, 1.807) is 0 Å². The Hall–Kier alpha value is -0.330. The van der Waals surface area contributed by atoms with E-state index in [2.05, 4.69) is 13.8 Å². The van der Waals surface area contributed by atoms with Gasteiger partial charge >= 0.3 is 0 Å². The average Bonchev–Trinajstić information content (AvgIpc) is 1.81. The number of carbonyl (C=O) groups excluding carboxylic acids is 1. The van der Waals surface area contributed by atoms with Crippen LogP contribution in [0.4, 0.5) is 0 Å². The number of Topliss-reactive ketones (excluding diaryl/α,β-unsaturated/α-hetero) is 1. The fourth-order valence-electron chi connectivity index (χ4n) is 1.49. The molecule has 1 nitrogen and oxygen atoms in total. The SMILES string of the molecule is CC(C)C1CC(=O)C1C. The maximum absolute atomic E-state index is 10.7. The Labute approximate surface area is 56.4 Å². The van der Waals surface area contributed by atoms with Crippen LogP contribution in [0.3, 0.4) is 0 Å². The smallest absolute Gasteiger partial charge is 0.136 e. The van der Waals surface area contributed by atoms with E-state index in [-0.39, 0.29) is 0 Å². The van der Waals surface area contributed by atoms with Crippen molar-refractivity contribution < 1.29 is 4.79 Å². The summed E-state index contributed by atoms with van der Waals surface area (Å²) in [6.45, 7) is 6.41. The van der Waals surface area contributed by atoms with Crippen LogP contribution in [0.5, 0.6) is 0 Å². The summed E-state index contributed by atoms with van der Waals surface area (Å²) in [6.07, 6.45) is 0.832. The van der Waals surface area contributed by atoms with E-state index in [0.29, 0.717) is 23.5 Å². The van der Waals surface area contributed by atoms with Gasteiger partial charge in [0.05, 0.1) is 0 Å². The number of carbonyl (C=O) groups is 1. The van der Waals surface area contributed by atoms with Gasteiger partial charge in [0.15, 0.2) is 0 Å². The van der Waals surface area contributed by atoms with Crippen LogP contribution in [-0.4, -0.2) is 5.78 Å². The molecule has 52 valence electrons. The molecule has 0 amide bonds. The van der Waals surface area contributed by atoms with Crippen molar-refractivity contribution >= 4 is 5.78 Å². The third-order valence-corrected chi connectivity index (χ3v) is 2.44. The van der Waals surface area contributed by atoms with Crippen molar-refractivity contribution in [3.8, 4) is 0 Å². The topological polar surface area (TPSA) is 17.1 Å². The van der Waals surface area contributed by atoms with Gasteiger partial charge in [-0.25, -0.2) is 0 Å². The fraction of sp³-hybridized carbons (Fsp3) is 0.875. The van der Waals surface area contributed by atoms with Crippen molar-refractivity contribution in [3.05, 3.63) is 0 Å². The number of rotatable bonds is 1. The second-order valence-corrected chi connectivity index (χ2v) is 3.37. The lowest BCUT2D eigenvalue weighted by molar-refractivity contribution is -0.134. The highest BCUT2D eigenvalue weighted by atomic mass is 16.1. The molecule has 1 fully saturated rings. The van der Waals surface area contributed by atoms with Crippen molar-refractivity contribution in [2.75, 3.05) is 0 Å². The molecule has 1 heteroatoms. The van der Waals surface area contributed by atoms with Crippen LogP contribution in [-0.2, 0) is 4.79 Å². The molecule has 1 aliphatic rings. The fourth-order valence-corrected chi connectivity index (χ4v) is 1.49. The van der Waals surface area contributed by atoms with Crippen LogP contribution >= 0.6 is 0 Å². The van der Waals surface area contributed by atoms with Crippen molar-refractivity contribution in [2.45, 2.75) is 27.2 Å². The van der Waals surface area contributed by atoms with E-state index in [4.69, 9.17) is 0 Å². The van der Waals surface area contributed by atoms with Gasteiger partial charge < -0.3 is 0 Å². The van der Waals surface area contributed by atoms with Crippen LogP contribution < -0.4 is 0 Å². The predicted molar refractivity (Wildman–Crippen MR) is 37.1 cm³/mol. The molecule has 0 N–H and O–H groups in total. The summed E-state index contributed by atoms with van der Waals surface area (Å²) in [4.78, 5) is 10.7. The minimum Gasteiger partial charge on any atom is -0.299 e. The van der Waals surface area contributed by atoms with E-state index < -0.39 is 0 Å². The normalized spacial score (nSPS) is 34.9. The number of hydrogen-bond acceptors (Lipinski definition) is 1. The third kappa shape index (κ3) is 1.00. The predicted octanol–water partition coefficient (Wildman–Crippen LogP) is 1.87. The van der Waals surface area contributed by atoms with E-state index in [0.717, 1.165) is 6.42 Å². The average molecular weight is 126 g/mol. The van der Waals surface area contributed by atoms with Crippen LogP contribution in [0, 0.1) is 17.8 Å². The summed E-state index contributed by atoms with van der Waals surface area (Å²) in [5.41, 5.74) is 0. The molecular weight excluding hydrogens is 112 g/mol. The van der Waals surface area contributed by atoms with Crippen LogP contribution in [0.15, 0.2) is 0 Å². The maximum atomic E-state index is 10.7. The summed E-state index contributed by atoms with van der Waals surface area (Å²) >= 11 is 0. The van der Waals surface area contributed by atoms with Crippen LogP contribution in [0.2, 0.25) is 0 Å². The Morgan fingerprint density at radius 1 is 1.56 bits per heavy atom. The minimum atomic E-state index is 0.352. The van der Waals surface area contributed by atoms with Gasteiger partial charge in [0, 0.05) is 12.3 Å². The molecule has 0 spiro atoms. The molecule has 9 heavy (non-hydrogen) atoms. The molecule has 0 bridgehead atoms. The van der Waals surface area contributed by atoms with Crippen molar-refractivity contribution in [3.63, 3.8) is 0 Å². The first-order valence-electron chi connectivity index (χ1n) is 3.65. The standard InChI is InChI=1S/C8H14O/c1-5(2)7-4-8(9)6(7)3/h5-7H,4H2,1-3H3. The molecule has 0 aromatic rings. The molecule has 0 saturated heterocycles. The zero-order valence-corrected chi connectivity index (χ0v) is 6.35. The number of hydrogen-bond donors (Lipinski definition) is 0. The summed E-state index contributed by atoms with van der Waals surface area (Å²) < 4.78 is 0. The third-order valence-electron chi connectivity index (χ3n) is 2.44. The summed E-state index contributed by atoms with van der Waals surface area (Å²) in [5, 5.41) is 0. The van der Waals surface area contributed by atoms with Gasteiger partial charge in [-0.05, 0) is 11.8 Å². The lowest BCUT2D eigenvalue weighted by Gasteiger charge is -2.35. The zero-order valence-electron chi connectivity index (χ0n) is 6.35. The Morgan fingerprint density at radius 3 is 2.22 bits per heavy atom. The molecule has 1 rings (SSSR count). The quantitative estimate of drug-likeness (QED) is 0.524. The van der Waals surface area contributed by atoms with Gasteiger partial charge in [0.25, 0.3) is 0 Å². The molecule has 0 aromatic carbocycles. The Bertz CT molecular complexity index is 127. The first-order chi connectivity index (χ1) is 4.13. The van der Waals surface area contributed by atoms with Crippen molar-refractivity contribution in [1.29, 1.82) is 0 Å². The van der Waals surface area contributed by atoms with Crippen LogP contribution in [0.1, 0.15) is 27.2 Å². The summed E-state index contributed by atoms with van der Waals surface area (Å²) in [5.74, 6) is 2.17. The molecule has 0 heterocycles. The lowest BCUT2D eigenvalue weighted by Crippen LogP contribution is -2.37. The van der Waals surface area contributed by atoms with E-state index in [1.807, 2.05) is 6.92 Å². The molecule has 1 saturated carbocycles. The first-order valence-corrected chi connectivity index (χ1v) is 3.65. The van der Waals surface area contributed by atoms with Gasteiger partial charge in [-0.1, -0.05) is 20.8 Å². The van der Waals surface area contributed by atoms with Gasteiger partial charge in [-0.15, -0.1) is 0 Å². The van der Waals surface area contributed by atoms with E-state index in [9.17, 15) is 4.79 Å². The Balaban J connectivity index is 2.42. The minimum absolute atomic E-state index is 0.352. The molecule has 1 aliphatic carbocycles. The first kappa shape index (κ1) is 6.79. The monoisotopic (exact) mass is 126 g/mol. The number of ketones is 1. The highest BCUT2D eigenvalue weighted by Gasteiger charge is 2.37. The molecule has 2 unspecified atom stereocenters. The van der Waals surface area contributed by atoms with Gasteiger partial charge in [0.1, 0.15) is 5.78 Å². The molecular formula is C8H14O. The summed E-state index contributed by atoms with van der Waals surface area (Å²) in [6, 6.07) is 0. The molecule has 0 aliphatic heterocycles. The largest absolute Gasteiger partial charge is 0.299 e. The molecule has 0 radical (unpaired) electrons. The molecule has 2 atom stereocenters. The highest BCUT2D eigenvalue weighted by Crippen LogP contribution is 2.35. The van der Waals surface area contributed by atoms with E-state index >= 15 is 0 Å². The lowest BCUT2D eigenvalue weighted by atomic mass is 9.68. The Kier molecular flexibility index (Phi) is 1.60. The van der Waals surface area contributed by atoms with Gasteiger partial charge in [0.2, 0.25) is 0 Å². The second kappa shape index (κ2) is 2.13. The summed E-state index contributed by atoms with van der Waals surface area (Å²) in [7, 11) is 0.